The third-order valence-electron chi connectivity index (χ3n) is 3.53. The minimum Gasteiger partial charge on any atom is -0.339 e. The zero-order chi connectivity index (χ0) is 13.7. The van der Waals surface area contributed by atoms with Gasteiger partial charge >= 0.3 is 0 Å². The normalized spacial score (nSPS) is 22.7. The van der Waals surface area contributed by atoms with Crippen molar-refractivity contribution in [1.29, 1.82) is 0 Å². The molecule has 0 saturated carbocycles. The minimum absolute atomic E-state index is 0.234. The van der Waals surface area contributed by atoms with Gasteiger partial charge in [-0.1, -0.05) is 6.07 Å². The average Bonchev–Trinajstić information content (AvgIpc) is 2.81. The summed E-state index contributed by atoms with van der Waals surface area (Å²) in [4.78, 5) is 18.2. The fourth-order valence-electron chi connectivity index (χ4n) is 2.48. The van der Waals surface area contributed by atoms with Crippen molar-refractivity contribution in [3.63, 3.8) is 0 Å². The number of rotatable bonds is 5. The highest BCUT2D eigenvalue weighted by Gasteiger charge is 2.31. The second-order valence-corrected chi connectivity index (χ2v) is 6.07. The Bertz CT molecular complexity index is 412. The van der Waals surface area contributed by atoms with Crippen LogP contribution < -0.4 is 5.73 Å². The van der Waals surface area contributed by atoms with Crippen molar-refractivity contribution in [1.82, 2.24) is 9.88 Å². The summed E-state index contributed by atoms with van der Waals surface area (Å²) in [5.41, 5.74) is 6.85. The topological polar surface area (TPSA) is 59.2 Å². The number of nitrogens with two attached hydrogens (primary N) is 1. The predicted octanol–water partition coefficient (Wildman–Crippen LogP) is 1.51. The van der Waals surface area contributed by atoms with Gasteiger partial charge in [0.25, 0.3) is 0 Å². The van der Waals surface area contributed by atoms with Gasteiger partial charge in [-0.05, 0) is 37.4 Å². The van der Waals surface area contributed by atoms with Gasteiger partial charge in [-0.25, -0.2) is 0 Å². The number of likely N-dealkylation sites (tertiary alicyclic amines) is 1. The van der Waals surface area contributed by atoms with Crippen molar-refractivity contribution in [3.05, 3.63) is 30.1 Å². The van der Waals surface area contributed by atoms with Crippen molar-refractivity contribution in [2.75, 3.05) is 18.8 Å². The fraction of sp³-hybridized carbons (Fsp3) is 0.571. The molecule has 4 nitrogen and oxygen atoms in total. The van der Waals surface area contributed by atoms with Crippen LogP contribution in [0.3, 0.4) is 0 Å². The Balaban J connectivity index is 1.76. The van der Waals surface area contributed by atoms with E-state index >= 15 is 0 Å². The van der Waals surface area contributed by atoms with E-state index in [1.165, 1.54) is 0 Å². The number of nitrogens with zero attached hydrogens (tertiary/aromatic N) is 2. The second kappa shape index (κ2) is 6.91. The molecule has 104 valence electrons. The van der Waals surface area contributed by atoms with Crippen LogP contribution in [0.15, 0.2) is 24.5 Å². The van der Waals surface area contributed by atoms with E-state index in [4.69, 9.17) is 5.73 Å². The maximum Gasteiger partial charge on any atom is 0.232 e. The van der Waals surface area contributed by atoms with Crippen LogP contribution in [-0.2, 0) is 10.5 Å². The van der Waals surface area contributed by atoms with Crippen LogP contribution in [0.25, 0.3) is 0 Å². The van der Waals surface area contributed by atoms with Gasteiger partial charge < -0.3 is 10.6 Å². The van der Waals surface area contributed by atoms with Crippen LogP contribution in [0.4, 0.5) is 0 Å². The Morgan fingerprint density at radius 1 is 1.63 bits per heavy atom. The number of thioether (sulfide) groups is 1. The molecule has 1 amide bonds. The molecule has 0 aromatic carbocycles. The number of aromatic nitrogens is 1. The van der Waals surface area contributed by atoms with E-state index in [-0.39, 0.29) is 5.91 Å². The zero-order valence-corrected chi connectivity index (χ0v) is 12.1. The Kier molecular flexibility index (Phi) is 5.22. The molecule has 1 saturated heterocycles. The number of carbonyl (C=O) groups is 1. The lowest BCUT2D eigenvalue weighted by Gasteiger charge is -2.21. The van der Waals surface area contributed by atoms with E-state index in [9.17, 15) is 4.79 Å². The molecular formula is C14H21N3OS. The van der Waals surface area contributed by atoms with Crippen LogP contribution in [0.2, 0.25) is 0 Å². The van der Waals surface area contributed by atoms with Crippen LogP contribution >= 0.6 is 11.8 Å². The lowest BCUT2D eigenvalue weighted by Crippen LogP contribution is -2.35. The number of hydrogen-bond acceptors (Lipinski definition) is 4. The van der Waals surface area contributed by atoms with Gasteiger partial charge in [0, 0.05) is 30.7 Å². The molecule has 1 aliphatic rings. The van der Waals surface area contributed by atoms with Crippen LogP contribution in [0.5, 0.6) is 0 Å². The maximum atomic E-state index is 12.2. The summed E-state index contributed by atoms with van der Waals surface area (Å²) in [5.74, 6) is 2.08. The number of pyridine rings is 1. The third-order valence-corrected chi connectivity index (χ3v) is 4.52. The number of amides is 1. The summed E-state index contributed by atoms with van der Waals surface area (Å²) in [6, 6.07) is 4.29. The molecular weight excluding hydrogens is 258 g/mol. The minimum atomic E-state index is 0.234. The number of carbonyl (C=O) groups excluding carboxylic acids is 1. The third kappa shape index (κ3) is 3.94. The Morgan fingerprint density at radius 3 is 3.11 bits per heavy atom. The largest absolute Gasteiger partial charge is 0.339 e. The molecule has 2 unspecified atom stereocenters. The highest BCUT2D eigenvalue weighted by atomic mass is 32.2. The van der Waals surface area contributed by atoms with Crippen molar-refractivity contribution < 1.29 is 4.79 Å². The SMILES string of the molecule is CC1CC(CN)CN1C(=O)CSCc1cccnc1. The summed E-state index contributed by atoms with van der Waals surface area (Å²) in [7, 11) is 0. The highest BCUT2D eigenvalue weighted by molar-refractivity contribution is 7.99. The van der Waals surface area contributed by atoms with Crippen LogP contribution in [0, 0.1) is 5.92 Å². The Hall–Kier alpha value is -1.07. The van der Waals surface area contributed by atoms with Gasteiger partial charge in [0.15, 0.2) is 0 Å². The standard InChI is InChI=1S/C14H21N3OS/c1-11-5-13(6-15)8-17(11)14(18)10-19-9-12-3-2-4-16-7-12/h2-4,7,11,13H,5-6,8-10,15H2,1H3. The first-order valence-corrected chi connectivity index (χ1v) is 7.82. The van der Waals surface area contributed by atoms with E-state index in [1.54, 1.807) is 18.0 Å². The zero-order valence-electron chi connectivity index (χ0n) is 11.3. The highest BCUT2D eigenvalue weighted by Crippen LogP contribution is 2.23. The molecule has 5 heteroatoms. The molecule has 0 aliphatic carbocycles. The molecule has 1 aromatic heterocycles. The average molecular weight is 279 g/mol. The molecule has 1 aliphatic heterocycles. The van der Waals surface area contributed by atoms with Gasteiger partial charge in [0.1, 0.15) is 0 Å². The monoisotopic (exact) mass is 279 g/mol. The molecule has 2 heterocycles. The molecule has 0 bridgehead atoms. The lowest BCUT2D eigenvalue weighted by atomic mass is 10.1. The summed E-state index contributed by atoms with van der Waals surface area (Å²) in [6.45, 7) is 3.61. The van der Waals surface area contributed by atoms with E-state index < -0.39 is 0 Å². The summed E-state index contributed by atoms with van der Waals surface area (Å²) in [6.07, 6.45) is 4.65. The van der Waals surface area contributed by atoms with E-state index in [1.807, 2.05) is 23.2 Å². The fourth-order valence-corrected chi connectivity index (χ4v) is 3.33. The van der Waals surface area contributed by atoms with E-state index in [0.29, 0.717) is 24.3 Å². The first kappa shape index (κ1) is 14.3. The van der Waals surface area contributed by atoms with Gasteiger partial charge in [0.2, 0.25) is 5.91 Å². The van der Waals surface area contributed by atoms with Crippen molar-refractivity contribution in [2.24, 2.45) is 11.7 Å². The smallest absolute Gasteiger partial charge is 0.232 e. The van der Waals surface area contributed by atoms with Gasteiger partial charge in [-0.15, -0.1) is 11.8 Å². The second-order valence-electron chi connectivity index (χ2n) is 5.09. The molecule has 1 aromatic rings. The predicted molar refractivity (Wildman–Crippen MR) is 78.7 cm³/mol. The lowest BCUT2D eigenvalue weighted by molar-refractivity contribution is -0.128. The van der Waals surface area contributed by atoms with Crippen molar-refractivity contribution >= 4 is 17.7 Å². The summed E-state index contributed by atoms with van der Waals surface area (Å²) >= 11 is 1.65. The Labute approximate surface area is 118 Å². The van der Waals surface area contributed by atoms with Crippen LogP contribution in [0.1, 0.15) is 18.9 Å². The first-order chi connectivity index (χ1) is 9.20. The van der Waals surface area contributed by atoms with E-state index in [2.05, 4.69) is 11.9 Å². The van der Waals surface area contributed by atoms with E-state index in [0.717, 1.165) is 24.3 Å². The van der Waals surface area contributed by atoms with Gasteiger partial charge in [0.05, 0.1) is 5.75 Å². The molecule has 1 fully saturated rings. The summed E-state index contributed by atoms with van der Waals surface area (Å²) < 4.78 is 0. The van der Waals surface area contributed by atoms with Gasteiger partial charge in [-0.2, -0.15) is 0 Å². The van der Waals surface area contributed by atoms with Crippen molar-refractivity contribution in [2.45, 2.75) is 25.1 Å². The molecule has 2 rings (SSSR count). The van der Waals surface area contributed by atoms with Gasteiger partial charge in [-0.3, -0.25) is 9.78 Å². The summed E-state index contributed by atoms with van der Waals surface area (Å²) in [5, 5.41) is 0. The Morgan fingerprint density at radius 2 is 2.47 bits per heavy atom. The van der Waals surface area contributed by atoms with Crippen molar-refractivity contribution in [3.8, 4) is 0 Å². The maximum absolute atomic E-state index is 12.2. The first-order valence-electron chi connectivity index (χ1n) is 6.67. The molecule has 19 heavy (non-hydrogen) atoms. The van der Waals surface area contributed by atoms with Crippen LogP contribution in [-0.4, -0.2) is 40.7 Å². The number of hydrogen-bond donors (Lipinski definition) is 1. The quantitative estimate of drug-likeness (QED) is 0.887. The molecule has 2 N–H and O–H groups in total. The molecule has 0 spiro atoms. The molecule has 0 radical (unpaired) electrons. The molecule has 2 atom stereocenters.